The van der Waals surface area contributed by atoms with Crippen LogP contribution in [0, 0.1) is 32.6 Å². The number of aliphatic hydroxyl groups is 2. The summed E-state index contributed by atoms with van der Waals surface area (Å²) in [5.74, 6) is 0.246. The molecular weight excluding hydrogens is 589 g/mol. The van der Waals surface area contributed by atoms with Crippen LogP contribution < -0.4 is 62.0 Å². The predicted octanol–water partition coefficient (Wildman–Crippen LogP) is 1.73. The molecule has 1 rings (SSSR count). The van der Waals surface area contributed by atoms with Crippen molar-refractivity contribution in [2.75, 3.05) is 32.9 Å². The first-order valence-electron chi connectivity index (χ1n) is 14.7. The third-order valence-corrected chi connectivity index (χ3v) is 5.79. The van der Waals surface area contributed by atoms with Crippen LogP contribution in [0.2, 0.25) is 0 Å². The fraction of sp³-hybridized carbons (Fsp3) is 0.750. The van der Waals surface area contributed by atoms with Gasteiger partial charge in [-0.15, -0.1) is 5.10 Å². The third-order valence-electron chi connectivity index (χ3n) is 5.79. The molecule has 0 fully saturated rings. The minimum absolute atomic E-state index is 0. The number of ether oxygens (including phenoxy) is 1. The number of carbonyl (C=O) groups is 3. The van der Waals surface area contributed by atoms with Gasteiger partial charge in [-0.25, -0.2) is 4.68 Å². The van der Waals surface area contributed by atoms with Gasteiger partial charge >= 0.3 is 51.4 Å². The molecule has 0 aromatic carbocycles. The molecule has 0 aliphatic heterocycles. The number of hydrogen-bond donors (Lipinski definition) is 4. The summed E-state index contributed by atoms with van der Waals surface area (Å²) in [5, 5.41) is 31.0. The Morgan fingerprint density at radius 3 is 1.95 bits per heavy atom. The minimum Gasteiger partial charge on any atom is -0.396 e. The molecule has 258 valence electrons. The molecule has 2 amide bonds. The van der Waals surface area contributed by atoms with E-state index in [1.54, 1.807) is 17.8 Å². The van der Waals surface area contributed by atoms with Gasteiger partial charge in [0.25, 0.3) is 0 Å². The fourth-order valence-electron chi connectivity index (χ4n) is 2.69. The number of Topliss-reactive ketones (excluding diaryl/α,β-unsaturated/α-hetero) is 1. The van der Waals surface area contributed by atoms with E-state index in [-0.39, 0.29) is 121 Å². The second-order valence-corrected chi connectivity index (χ2v) is 11.0. The maximum absolute atomic E-state index is 11.7. The van der Waals surface area contributed by atoms with E-state index in [2.05, 4.69) is 34.8 Å². The average molecular weight is 656 g/mol. The van der Waals surface area contributed by atoms with Crippen LogP contribution in [0.3, 0.4) is 0 Å². The zero-order valence-electron chi connectivity index (χ0n) is 30.7. The van der Waals surface area contributed by atoms with Crippen molar-refractivity contribution in [3.63, 3.8) is 0 Å². The summed E-state index contributed by atoms with van der Waals surface area (Å²) in [6, 6.07) is 0. The molecule has 1 heterocycles. The molecule has 11 nitrogen and oxygen atoms in total. The van der Waals surface area contributed by atoms with Gasteiger partial charge in [0.05, 0.1) is 31.5 Å². The van der Waals surface area contributed by atoms with Crippen LogP contribution in [-0.4, -0.2) is 75.7 Å². The van der Waals surface area contributed by atoms with Crippen LogP contribution in [0.1, 0.15) is 108 Å². The molecule has 0 atom stereocenters. The van der Waals surface area contributed by atoms with Crippen LogP contribution in [0.5, 0.6) is 0 Å². The Labute approximate surface area is 312 Å². The van der Waals surface area contributed by atoms with E-state index >= 15 is 0 Å². The van der Waals surface area contributed by atoms with Crippen molar-refractivity contribution >= 4 is 17.6 Å². The maximum atomic E-state index is 11.7. The standard InChI is InChI=1S/C18H33N5O4.C7H14O2.C3H7.C2H6.2CH3.K/c1-14(2)5-6-16(25)20-11-17(26)19-8-10-27-13-15-12-23(22-21-15)18(3,4)7-9-24;1-6(9)7(2,3)4-5-8;1-3-2;1-2;;;/h12,14,24H,5-11,13H2,1-4H3,(H,19,26)(H,20,25);8H,4-5H2,1-3H3;3H,1-2H3;1-2H3;2*1H3;/q;;-1;;2*-1;+1. The molecule has 0 radical (unpaired) electrons. The Morgan fingerprint density at radius 1 is 1.00 bits per heavy atom. The number of rotatable bonds is 16. The quantitative estimate of drug-likeness (QED) is 0.119. The van der Waals surface area contributed by atoms with Gasteiger partial charge < -0.3 is 46.9 Å². The predicted molar refractivity (Wildman–Crippen MR) is 177 cm³/mol. The number of aromatic nitrogens is 3. The molecule has 0 saturated heterocycles. The minimum atomic E-state index is -0.339. The van der Waals surface area contributed by atoms with Crippen LogP contribution in [-0.2, 0) is 31.3 Å². The van der Waals surface area contributed by atoms with Crippen molar-refractivity contribution < 1.29 is 80.7 Å². The van der Waals surface area contributed by atoms with E-state index in [1.165, 1.54) is 0 Å². The Balaban J connectivity index is -0.000000179. The van der Waals surface area contributed by atoms with Crippen molar-refractivity contribution in [2.24, 2.45) is 11.3 Å². The fourth-order valence-corrected chi connectivity index (χ4v) is 2.69. The summed E-state index contributed by atoms with van der Waals surface area (Å²) < 4.78 is 7.19. The third kappa shape index (κ3) is 31.3. The van der Waals surface area contributed by atoms with Gasteiger partial charge in [0.1, 0.15) is 11.5 Å². The number of hydrogen-bond acceptors (Lipinski definition) is 8. The summed E-state index contributed by atoms with van der Waals surface area (Å²) in [7, 11) is 0. The average Bonchev–Trinajstić information content (AvgIpc) is 3.38. The van der Waals surface area contributed by atoms with Gasteiger partial charge in [0.2, 0.25) is 11.8 Å². The molecule has 0 unspecified atom stereocenters. The smallest absolute Gasteiger partial charge is 0.396 e. The van der Waals surface area contributed by atoms with Crippen molar-refractivity contribution in [3.05, 3.63) is 33.2 Å². The molecule has 1 aromatic heterocycles. The van der Waals surface area contributed by atoms with Crippen LogP contribution in [0.25, 0.3) is 0 Å². The Kier molecular flexibility index (Phi) is 42.5. The van der Waals surface area contributed by atoms with Gasteiger partial charge in [-0.3, -0.25) is 14.4 Å². The molecule has 0 aliphatic carbocycles. The molecule has 1 aromatic rings. The largest absolute Gasteiger partial charge is 1.00 e. The molecule has 12 heteroatoms. The Bertz CT molecular complexity index is 817. The van der Waals surface area contributed by atoms with Gasteiger partial charge in [0.15, 0.2) is 0 Å². The van der Waals surface area contributed by atoms with Gasteiger partial charge in [-0.1, -0.05) is 46.8 Å². The molecule has 44 heavy (non-hydrogen) atoms. The van der Waals surface area contributed by atoms with Crippen molar-refractivity contribution in [2.45, 2.75) is 114 Å². The number of nitrogens with zero attached hydrogens (tertiary/aromatic N) is 3. The SMILES string of the molecule is CC.CC(=O)C(C)(C)CCO.CC(C)CCC(=O)NCC(=O)NCCOCc1cn(C(C)(C)CCO)nn1.C[CH-]C.[CH3-].[CH3-].[K+]. The Morgan fingerprint density at radius 2 is 1.52 bits per heavy atom. The van der Waals surface area contributed by atoms with E-state index in [0.29, 0.717) is 44.0 Å². The summed E-state index contributed by atoms with van der Waals surface area (Å²) >= 11 is 0. The zero-order chi connectivity index (χ0) is 32.5. The maximum Gasteiger partial charge on any atom is 1.00 e. The van der Waals surface area contributed by atoms with Crippen molar-refractivity contribution in [3.8, 4) is 0 Å². The first-order valence-corrected chi connectivity index (χ1v) is 14.7. The summed E-state index contributed by atoms with van der Waals surface area (Å²) in [4.78, 5) is 34.0. The van der Waals surface area contributed by atoms with Gasteiger partial charge in [-0.05, 0) is 46.0 Å². The van der Waals surface area contributed by atoms with Crippen molar-refractivity contribution in [1.82, 2.24) is 25.6 Å². The second kappa shape index (κ2) is 33.6. The first kappa shape index (κ1) is 55.7. The van der Waals surface area contributed by atoms with Crippen LogP contribution >= 0.6 is 0 Å². The second-order valence-electron chi connectivity index (χ2n) is 11.0. The molecule has 0 spiro atoms. The molecule has 0 bridgehead atoms. The topological polar surface area (TPSA) is 156 Å². The number of carbonyl (C=O) groups excluding carboxylic acids is 3. The van der Waals surface area contributed by atoms with E-state index < -0.39 is 0 Å². The zero-order valence-corrected chi connectivity index (χ0v) is 33.8. The number of nitrogens with one attached hydrogen (secondary N) is 2. The van der Waals surface area contributed by atoms with E-state index in [1.807, 2.05) is 61.8 Å². The van der Waals surface area contributed by atoms with E-state index in [4.69, 9.17) is 14.9 Å². The first-order chi connectivity index (χ1) is 19.2. The van der Waals surface area contributed by atoms with Gasteiger partial charge in [0, 0.05) is 31.6 Å². The van der Waals surface area contributed by atoms with Crippen LogP contribution in [0.15, 0.2) is 6.20 Å². The summed E-state index contributed by atoms with van der Waals surface area (Å²) in [6.45, 7) is 22.4. The van der Waals surface area contributed by atoms with E-state index in [9.17, 15) is 14.4 Å². The Hall–Kier alpha value is -0.734. The molecule has 4 N–H and O–H groups in total. The molecule has 0 aliphatic rings. The van der Waals surface area contributed by atoms with Gasteiger partial charge in [-0.2, -0.15) is 13.8 Å². The summed E-state index contributed by atoms with van der Waals surface area (Å²) in [5.41, 5.74) is 0.0345. The van der Waals surface area contributed by atoms with Crippen LogP contribution in [0.4, 0.5) is 0 Å². The van der Waals surface area contributed by atoms with Crippen molar-refractivity contribution in [1.29, 1.82) is 0 Å². The molecule has 0 saturated carbocycles. The number of ketones is 1. The normalized spacial score (nSPS) is 10.0. The number of amides is 2. The summed E-state index contributed by atoms with van der Waals surface area (Å²) in [6.07, 6.45) is 6.17. The number of aliphatic hydroxyl groups excluding tert-OH is 2. The molecular formula is C32H66KN5O6-2. The van der Waals surface area contributed by atoms with E-state index in [0.717, 1.165) is 6.42 Å². The monoisotopic (exact) mass is 655 g/mol.